The first-order chi connectivity index (χ1) is 14.9. The fourth-order valence-corrected chi connectivity index (χ4v) is 3.99. The Hall–Kier alpha value is -2.67. The summed E-state index contributed by atoms with van der Waals surface area (Å²) in [5.41, 5.74) is 2.76. The van der Waals surface area contributed by atoms with E-state index in [0.717, 1.165) is 16.5 Å². The maximum atomic E-state index is 12.9. The topological polar surface area (TPSA) is 69.7 Å². The second-order valence-electron chi connectivity index (χ2n) is 7.73. The van der Waals surface area contributed by atoms with Gasteiger partial charge in [0, 0.05) is 43.1 Å². The molecular formula is C24H28BrN3O3. The standard InChI is InChI=1S/C24H28BrN3O3/c1-3-18-4-6-20(7-5-18)24(31)28-14-12-27(13-15-28)23(30)16-22(26-17(2)29)19-8-10-21(25)11-9-19/h4-11,22H,3,12-16H2,1-2H3,(H,26,29). The van der Waals surface area contributed by atoms with E-state index >= 15 is 0 Å². The predicted octanol–water partition coefficient (Wildman–Crippen LogP) is 3.56. The Kier molecular flexibility index (Phi) is 7.85. The van der Waals surface area contributed by atoms with E-state index < -0.39 is 0 Å². The smallest absolute Gasteiger partial charge is 0.253 e. The van der Waals surface area contributed by atoms with Gasteiger partial charge in [-0.2, -0.15) is 0 Å². The van der Waals surface area contributed by atoms with Crippen LogP contribution in [0.4, 0.5) is 0 Å². The van der Waals surface area contributed by atoms with Crippen molar-refractivity contribution in [1.29, 1.82) is 0 Å². The molecule has 2 aromatic carbocycles. The van der Waals surface area contributed by atoms with Gasteiger partial charge in [-0.15, -0.1) is 0 Å². The van der Waals surface area contributed by atoms with Crippen LogP contribution in [-0.4, -0.2) is 53.7 Å². The molecule has 1 aliphatic rings. The normalized spacial score (nSPS) is 14.8. The van der Waals surface area contributed by atoms with E-state index in [9.17, 15) is 14.4 Å². The molecule has 2 aromatic rings. The van der Waals surface area contributed by atoms with Crippen molar-refractivity contribution in [2.75, 3.05) is 26.2 Å². The number of nitrogens with zero attached hydrogens (tertiary/aromatic N) is 2. The Labute approximate surface area is 191 Å². The highest BCUT2D eigenvalue weighted by Crippen LogP contribution is 2.21. The van der Waals surface area contributed by atoms with Crippen molar-refractivity contribution < 1.29 is 14.4 Å². The number of amides is 3. The van der Waals surface area contributed by atoms with Crippen molar-refractivity contribution in [3.8, 4) is 0 Å². The van der Waals surface area contributed by atoms with Crippen LogP contribution in [0, 0.1) is 0 Å². The molecule has 1 saturated heterocycles. The maximum absolute atomic E-state index is 12.9. The third kappa shape index (κ3) is 6.17. The van der Waals surface area contributed by atoms with Crippen LogP contribution in [0.25, 0.3) is 0 Å². The molecule has 3 rings (SSSR count). The molecule has 0 aliphatic carbocycles. The van der Waals surface area contributed by atoms with Gasteiger partial charge in [0.1, 0.15) is 0 Å². The molecule has 0 aromatic heterocycles. The third-order valence-corrected chi connectivity index (χ3v) is 6.09. The van der Waals surface area contributed by atoms with E-state index in [0.29, 0.717) is 31.7 Å². The molecule has 0 saturated carbocycles. The molecule has 1 aliphatic heterocycles. The van der Waals surface area contributed by atoms with Gasteiger partial charge < -0.3 is 15.1 Å². The summed E-state index contributed by atoms with van der Waals surface area (Å²) in [6.45, 7) is 5.52. The van der Waals surface area contributed by atoms with Crippen molar-refractivity contribution in [2.24, 2.45) is 0 Å². The molecule has 1 fully saturated rings. The van der Waals surface area contributed by atoms with Gasteiger partial charge >= 0.3 is 0 Å². The molecule has 1 heterocycles. The highest BCUT2D eigenvalue weighted by atomic mass is 79.9. The minimum atomic E-state index is -0.380. The van der Waals surface area contributed by atoms with Gasteiger partial charge in [0.15, 0.2) is 0 Å². The second kappa shape index (κ2) is 10.6. The first-order valence-electron chi connectivity index (χ1n) is 10.6. The van der Waals surface area contributed by atoms with E-state index in [4.69, 9.17) is 0 Å². The lowest BCUT2D eigenvalue weighted by Gasteiger charge is -2.35. The lowest BCUT2D eigenvalue weighted by atomic mass is 10.0. The second-order valence-corrected chi connectivity index (χ2v) is 8.65. The number of carbonyl (C=O) groups excluding carboxylic acids is 3. The molecule has 7 heteroatoms. The predicted molar refractivity (Wildman–Crippen MR) is 124 cm³/mol. The highest BCUT2D eigenvalue weighted by Gasteiger charge is 2.27. The zero-order chi connectivity index (χ0) is 22.4. The average molecular weight is 486 g/mol. The minimum Gasteiger partial charge on any atom is -0.349 e. The SMILES string of the molecule is CCc1ccc(C(=O)N2CCN(C(=O)CC(NC(C)=O)c3ccc(Br)cc3)CC2)cc1. The molecule has 1 atom stereocenters. The number of carbonyl (C=O) groups is 3. The van der Waals surface area contributed by atoms with Gasteiger partial charge in [0.25, 0.3) is 5.91 Å². The van der Waals surface area contributed by atoms with Crippen LogP contribution >= 0.6 is 15.9 Å². The van der Waals surface area contributed by atoms with E-state index in [1.807, 2.05) is 48.5 Å². The summed E-state index contributed by atoms with van der Waals surface area (Å²) in [7, 11) is 0. The molecule has 3 amide bonds. The third-order valence-electron chi connectivity index (χ3n) is 5.56. The Morgan fingerprint density at radius 3 is 2.06 bits per heavy atom. The summed E-state index contributed by atoms with van der Waals surface area (Å²) in [5, 5.41) is 2.88. The number of benzene rings is 2. The summed E-state index contributed by atoms with van der Waals surface area (Å²) in [6.07, 6.45) is 1.13. The Morgan fingerprint density at radius 1 is 0.935 bits per heavy atom. The van der Waals surface area contributed by atoms with E-state index in [2.05, 4.69) is 28.2 Å². The van der Waals surface area contributed by atoms with Crippen molar-refractivity contribution in [2.45, 2.75) is 32.7 Å². The average Bonchev–Trinajstić information content (AvgIpc) is 2.78. The molecule has 31 heavy (non-hydrogen) atoms. The van der Waals surface area contributed by atoms with Crippen LogP contribution in [-0.2, 0) is 16.0 Å². The largest absolute Gasteiger partial charge is 0.349 e. The van der Waals surface area contributed by atoms with Gasteiger partial charge in [0.2, 0.25) is 11.8 Å². The van der Waals surface area contributed by atoms with Crippen LogP contribution < -0.4 is 5.32 Å². The quantitative estimate of drug-likeness (QED) is 0.679. The fraction of sp³-hybridized carbons (Fsp3) is 0.375. The lowest BCUT2D eigenvalue weighted by Crippen LogP contribution is -2.51. The van der Waals surface area contributed by atoms with Gasteiger partial charge in [0.05, 0.1) is 12.5 Å². The first kappa shape index (κ1) is 23.0. The summed E-state index contributed by atoms with van der Waals surface area (Å²) < 4.78 is 0.939. The van der Waals surface area contributed by atoms with Crippen molar-refractivity contribution in [1.82, 2.24) is 15.1 Å². The van der Waals surface area contributed by atoms with Gasteiger partial charge in [-0.3, -0.25) is 14.4 Å². The van der Waals surface area contributed by atoms with Crippen LogP contribution in [0.2, 0.25) is 0 Å². The number of rotatable bonds is 6. The number of hydrogen-bond acceptors (Lipinski definition) is 3. The Bertz CT molecular complexity index is 920. The molecule has 0 bridgehead atoms. The molecule has 6 nitrogen and oxygen atoms in total. The summed E-state index contributed by atoms with van der Waals surface area (Å²) >= 11 is 3.41. The highest BCUT2D eigenvalue weighted by molar-refractivity contribution is 9.10. The zero-order valence-corrected chi connectivity index (χ0v) is 19.5. The van der Waals surface area contributed by atoms with E-state index in [1.54, 1.807) is 9.80 Å². The van der Waals surface area contributed by atoms with Crippen molar-refractivity contribution >= 4 is 33.7 Å². The molecule has 1 N–H and O–H groups in total. The Morgan fingerprint density at radius 2 is 1.52 bits per heavy atom. The summed E-state index contributed by atoms with van der Waals surface area (Å²) in [4.78, 5) is 40.9. The number of piperazine rings is 1. The monoisotopic (exact) mass is 485 g/mol. The molecule has 0 radical (unpaired) electrons. The van der Waals surface area contributed by atoms with Crippen molar-refractivity contribution in [3.63, 3.8) is 0 Å². The first-order valence-corrected chi connectivity index (χ1v) is 11.3. The van der Waals surface area contributed by atoms with Crippen molar-refractivity contribution in [3.05, 3.63) is 69.7 Å². The molecular weight excluding hydrogens is 458 g/mol. The number of hydrogen-bond donors (Lipinski definition) is 1. The Balaban J connectivity index is 1.58. The summed E-state index contributed by atoms with van der Waals surface area (Å²) in [6, 6.07) is 14.9. The van der Waals surface area contributed by atoms with Crippen LogP contribution in [0.5, 0.6) is 0 Å². The molecule has 1 unspecified atom stereocenters. The molecule has 164 valence electrons. The minimum absolute atomic E-state index is 0.000683. The number of nitrogens with one attached hydrogen (secondary N) is 1. The van der Waals surface area contributed by atoms with Crippen LogP contribution in [0.1, 0.15) is 47.8 Å². The molecule has 0 spiro atoms. The van der Waals surface area contributed by atoms with Gasteiger partial charge in [-0.25, -0.2) is 0 Å². The number of aryl methyl sites for hydroxylation is 1. The summed E-state index contributed by atoms with van der Waals surface area (Å²) in [5.74, 6) is -0.202. The zero-order valence-electron chi connectivity index (χ0n) is 17.9. The van der Waals surface area contributed by atoms with Gasteiger partial charge in [-0.05, 0) is 41.8 Å². The van der Waals surface area contributed by atoms with Crippen LogP contribution in [0.3, 0.4) is 0 Å². The van der Waals surface area contributed by atoms with E-state index in [-0.39, 0.29) is 30.2 Å². The maximum Gasteiger partial charge on any atom is 0.253 e. The lowest BCUT2D eigenvalue weighted by molar-refractivity contribution is -0.133. The fourth-order valence-electron chi connectivity index (χ4n) is 3.72. The number of halogens is 1. The van der Waals surface area contributed by atoms with Crippen LogP contribution in [0.15, 0.2) is 53.0 Å². The van der Waals surface area contributed by atoms with Gasteiger partial charge in [-0.1, -0.05) is 47.1 Å². The van der Waals surface area contributed by atoms with E-state index in [1.165, 1.54) is 12.5 Å².